The fourth-order valence-corrected chi connectivity index (χ4v) is 5.19. The number of hydrogen-bond acceptors (Lipinski definition) is 3. The molecule has 2 unspecified atom stereocenters. The summed E-state index contributed by atoms with van der Waals surface area (Å²) in [6.07, 6.45) is 1.58. The molecule has 128 valence electrons. The van der Waals surface area contributed by atoms with Gasteiger partial charge in [0.2, 0.25) is 0 Å². The highest BCUT2D eigenvalue weighted by atomic mass is 15.4. The summed E-state index contributed by atoms with van der Waals surface area (Å²) in [4.78, 5) is 10.0. The second-order valence-electron chi connectivity index (χ2n) is 7.49. The number of nitrogens with zero attached hydrogens (tertiary/aromatic N) is 3. The van der Waals surface area contributed by atoms with Gasteiger partial charge in [-0.3, -0.25) is 4.99 Å². The topological polar surface area (TPSA) is 18.8 Å². The zero-order valence-electron chi connectivity index (χ0n) is 14.7. The van der Waals surface area contributed by atoms with Crippen molar-refractivity contribution in [2.75, 3.05) is 24.5 Å². The Balaban J connectivity index is 1.52. The van der Waals surface area contributed by atoms with E-state index >= 15 is 0 Å². The Bertz CT molecular complexity index is 1030. The smallest absolute Gasteiger partial charge is 0.134 e. The van der Waals surface area contributed by atoms with E-state index in [4.69, 9.17) is 4.99 Å². The lowest BCUT2D eigenvalue weighted by Crippen LogP contribution is -2.53. The first-order valence-electron chi connectivity index (χ1n) is 9.56. The van der Waals surface area contributed by atoms with E-state index in [1.165, 1.54) is 39.8 Å². The van der Waals surface area contributed by atoms with Crippen LogP contribution >= 0.6 is 0 Å². The molecular weight excluding hydrogens is 318 g/mol. The molecule has 1 saturated heterocycles. The second kappa shape index (κ2) is 5.34. The van der Waals surface area contributed by atoms with Gasteiger partial charge in [0.1, 0.15) is 12.0 Å². The summed E-state index contributed by atoms with van der Waals surface area (Å²) in [6, 6.07) is 24.4. The molecule has 0 amide bonds. The molecule has 0 radical (unpaired) electrons. The number of amidine groups is 1. The first-order chi connectivity index (χ1) is 12.9. The maximum Gasteiger partial charge on any atom is 0.134 e. The van der Waals surface area contributed by atoms with Crippen LogP contribution in [0, 0.1) is 0 Å². The molecule has 3 aromatic carbocycles. The number of hydrogen-bond donors (Lipinski definition) is 0. The lowest BCUT2D eigenvalue weighted by Gasteiger charge is -2.44. The van der Waals surface area contributed by atoms with Crippen LogP contribution in [0.3, 0.4) is 0 Å². The highest BCUT2D eigenvalue weighted by molar-refractivity contribution is 6.06. The van der Waals surface area contributed by atoms with E-state index in [1.54, 1.807) is 0 Å². The number of benzene rings is 3. The van der Waals surface area contributed by atoms with Crippen LogP contribution in [0.25, 0.3) is 10.8 Å². The van der Waals surface area contributed by atoms with E-state index in [9.17, 15) is 0 Å². The summed E-state index contributed by atoms with van der Waals surface area (Å²) in [5, 5.41) is 2.74. The van der Waals surface area contributed by atoms with E-state index in [1.807, 2.05) is 0 Å². The number of fused-ring (bicyclic) bond motifs is 7. The Kier molecular flexibility index (Phi) is 2.95. The van der Waals surface area contributed by atoms with Crippen LogP contribution in [0.15, 0.2) is 71.7 Å². The number of anilines is 1. The molecule has 3 aliphatic heterocycles. The van der Waals surface area contributed by atoms with Crippen LogP contribution in [-0.4, -0.2) is 36.5 Å². The second-order valence-corrected chi connectivity index (χ2v) is 7.49. The Labute approximate surface area is 153 Å². The van der Waals surface area contributed by atoms with Gasteiger partial charge in [-0.15, -0.1) is 0 Å². The van der Waals surface area contributed by atoms with Crippen LogP contribution < -0.4 is 4.90 Å². The SMILES string of the molecule is c1ccc2c(c1)C1=NCCN1C1C(c3cccc4ccccc34)CCN21. The van der Waals surface area contributed by atoms with E-state index in [2.05, 4.69) is 76.5 Å². The quantitative estimate of drug-likeness (QED) is 0.660. The van der Waals surface area contributed by atoms with Gasteiger partial charge in [0.25, 0.3) is 0 Å². The predicted molar refractivity (Wildman–Crippen MR) is 107 cm³/mol. The maximum atomic E-state index is 4.87. The molecule has 6 rings (SSSR count). The van der Waals surface area contributed by atoms with E-state index < -0.39 is 0 Å². The van der Waals surface area contributed by atoms with Crippen molar-refractivity contribution in [3.63, 3.8) is 0 Å². The van der Waals surface area contributed by atoms with Crippen molar-refractivity contribution in [1.29, 1.82) is 0 Å². The minimum Gasteiger partial charge on any atom is -0.350 e. The van der Waals surface area contributed by atoms with Gasteiger partial charge in [0.15, 0.2) is 0 Å². The molecule has 0 aromatic heterocycles. The van der Waals surface area contributed by atoms with Gasteiger partial charge in [-0.1, -0.05) is 54.6 Å². The van der Waals surface area contributed by atoms with Crippen molar-refractivity contribution >= 4 is 22.3 Å². The summed E-state index contributed by atoms with van der Waals surface area (Å²) in [5.74, 6) is 1.71. The van der Waals surface area contributed by atoms with Crippen LogP contribution in [0.4, 0.5) is 5.69 Å². The Hall–Kier alpha value is -2.81. The maximum absolute atomic E-state index is 4.87. The first kappa shape index (κ1) is 14.4. The van der Waals surface area contributed by atoms with Crippen molar-refractivity contribution < 1.29 is 0 Å². The Morgan fingerprint density at radius 1 is 0.808 bits per heavy atom. The monoisotopic (exact) mass is 339 g/mol. The van der Waals surface area contributed by atoms with Gasteiger partial charge in [-0.2, -0.15) is 0 Å². The molecule has 3 aliphatic rings. The minimum atomic E-state index is 0.386. The Morgan fingerprint density at radius 3 is 2.65 bits per heavy atom. The molecule has 2 atom stereocenters. The van der Waals surface area contributed by atoms with Crippen LogP contribution in [-0.2, 0) is 0 Å². The summed E-state index contributed by atoms with van der Waals surface area (Å²) in [6.45, 7) is 3.06. The summed E-state index contributed by atoms with van der Waals surface area (Å²) in [7, 11) is 0. The van der Waals surface area contributed by atoms with Crippen molar-refractivity contribution in [1.82, 2.24) is 4.90 Å². The molecule has 0 aliphatic carbocycles. The molecule has 0 bridgehead atoms. The highest BCUT2D eigenvalue weighted by Crippen LogP contribution is 2.45. The normalized spacial score (nSPS) is 23.6. The minimum absolute atomic E-state index is 0.386. The van der Waals surface area contributed by atoms with Gasteiger partial charge in [-0.05, 0) is 34.9 Å². The molecule has 0 spiro atoms. The zero-order chi connectivity index (χ0) is 17.1. The Morgan fingerprint density at radius 2 is 1.65 bits per heavy atom. The molecule has 3 nitrogen and oxygen atoms in total. The third-order valence-corrected chi connectivity index (χ3v) is 6.23. The van der Waals surface area contributed by atoms with Crippen molar-refractivity contribution in [3.05, 3.63) is 77.9 Å². The standard InChI is InChI=1S/C23H21N3/c1-2-8-17-16(6-1)7-5-10-18(17)19-12-14-25-21-11-4-3-9-20(21)22-24-13-15-26(22)23(19)25/h1-11,19,23H,12-15H2. The third kappa shape index (κ3) is 1.86. The van der Waals surface area contributed by atoms with Crippen LogP contribution in [0.1, 0.15) is 23.5 Å². The van der Waals surface area contributed by atoms with Gasteiger partial charge in [0.05, 0.1) is 6.54 Å². The van der Waals surface area contributed by atoms with Gasteiger partial charge in [0, 0.05) is 30.3 Å². The first-order valence-corrected chi connectivity index (χ1v) is 9.56. The molecule has 3 heteroatoms. The van der Waals surface area contributed by atoms with Gasteiger partial charge < -0.3 is 9.80 Å². The predicted octanol–water partition coefficient (Wildman–Crippen LogP) is 4.24. The number of para-hydroxylation sites is 1. The van der Waals surface area contributed by atoms with Gasteiger partial charge in [-0.25, -0.2) is 0 Å². The van der Waals surface area contributed by atoms with E-state index in [-0.39, 0.29) is 0 Å². The average Bonchev–Trinajstić information content (AvgIpc) is 3.35. The molecule has 0 N–H and O–H groups in total. The van der Waals surface area contributed by atoms with Crippen molar-refractivity contribution in [3.8, 4) is 0 Å². The van der Waals surface area contributed by atoms with E-state index in [0.29, 0.717) is 12.1 Å². The van der Waals surface area contributed by atoms with Crippen molar-refractivity contribution in [2.45, 2.75) is 18.5 Å². The lowest BCUT2D eigenvalue weighted by molar-refractivity contribution is 0.311. The van der Waals surface area contributed by atoms with Crippen LogP contribution in [0.2, 0.25) is 0 Å². The van der Waals surface area contributed by atoms with Crippen LogP contribution in [0.5, 0.6) is 0 Å². The summed E-state index contributed by atoms with van der Waals surface area (Å²) in [5.41, 5.74) is 4.15. The molecular formula is C23H21N3. The lowest BCUT2D eigenvalue weighted by atomic mass is 9.89. The molecule has 3 heterocycles. The fraction of sp³-hybridized carbons (Fsp3) is 0.261. The molecule has 0 saturated carbocycles. The summed E-state index contributed by atoms with van der Waals surface area (Å²) < 4.78 is 0. The van der Waals surface area contributed by atoms with Crippen molar-refractivity contribution in [2.24, 2.45) is 4.99 Å². The van der Waals surface area contributed by atoms with Gasteiger partial charge >= 0.3 is 0 Å². The number of aliphatic imine (C=N–C) groups is 1. The number of rotatable bonds is 1. The highest BCUT2D eigenvalue weighted by Gasteiger charge is 2.46. The fourth-order valence-electron chi connectivity index (χ4n) is 5.19. The molecule has 26 heavy (non-hydrogen) atoms. The summed E-state index contributed by atoms with van der Waals surface area (Å²) >= 11 is 0. The molecule has 1 fully saturated rings. The third-order valence-electron chi connectivity index (χ3n) is 6.23. The largest absolute Gasteiger partial charge is 0.350 e. The molecule has 3 aromatic rings. The average molecular weight is 339 g/mol. The van der Waals surface area contributed by atoms with E-state index in [0.717, 1.165) is 19.6 Å². The zero-order valence-corrected chi connectivity index (χ0v) is 14.7.